The largest absolute Gasteiger partial charge is 0.350 e. The van der Waals surface area contributed by atoms with E-state index in [1.54, 1.807) is 19.1 Å². The number of urea groups is 1. The molecule has 0 spiro atoms. The summed E-state index contributed by atoms with van der Waals surface area (Å²) in [7, 11) is 0. The van der Waals surface area contributed by atoms with Crippen LogP contribution in [0.2, 0.25) is 0 Å². The fourth-order valence-electron chi connectivity index (χ4n) is 3.14. The molecule has 0 bridgehead atoms. The van der Waals surface area contributed by atoms with Gasteiger partial charge in [-0.05, 0) is 31.0 Å². The van der Waals surface area contributed by atoms with Gasteiger partial charge in [-0.2, -0.15) is 0 Å². The van der Waals surface area contributed by atoms with Crippen molar-refractivity contribution in [1.82, 2.24) is 15.5 Å². The molecule has 7 heteroatoms. The van der Waals surface area contributed by atoms with Crippen LogP contribution in [0.1, 0.15) is 57.9 Å². The molecule has 0 saturated carbocycles. The molecule has 0 aliphatic carbocycles. The van der Waals surface area contributed by atoms with E-state index in [0.717, 1.165) is 42.6 Å². The number of imide groups is 1. The number of benzene rings is 1. The lowest BCUT2D eigenvalue weighted by molar-refractivity contribution is -0.134. The van der Waals surface area contributed by atoms with Crippen LogP contribution in [0.25, 0.3) is 0 Å². The lowest BCUT2D eigenvalue weighted by Gasteiger charge is -2.21. The fourth-order valence-corrected chi connectivity index (χ4v) is 3.14. The van der Waals surface area contributed by atoms with Crippen molar-refractivity contribution in [3.05, 3.63) is 35.6 Å². The number of hydrogen-bond acceptors (Lipinski definition) is 3. The van der Waals surface area contributed by atoms with Crippen LogP contribution in [0.15, 0.2) is 24.3 Å². The van der Waals surface area contributed by atoms with Crippen LogP contribution < -0.4 is 10.6 Å². The Morgan fingerprint density at radius 1 is 1.15 bits per heavy atom. The minimum absolute atomic E-state index is 0.206. The Bertz CT molecular complexity index is 678. The number of carbonyl (C=O) groups excluding carboxylic acids is 3. The quantitative estimate of drug-likeness (QED) is 0.486. The monoisotopic (exact) mass is 377 g/mol. The predicted octanol–water partition coefficient (Wildman–Crippen LogP) is 3.11. The zero-order valence-electron chi connectivity index (χ0n) is 16.0. The second-order valence-corrected chi connectivity index (χ2v) is 7.22. The van der Waals surface area contributed by atoms with Gasteiger partial charge in [-0.25, -0.2) is 9.18 Å². The molecule has 1 aliphatic heterocycles. The molecule has 1 saturated heterocycles. The van der Waals surface area contributed by atoms with E-state index in [4.69, 9.17) is 0 Å². The number of unbranched alkanes of at least 4 members (excludes halogenated alkanes) is 4. The minimum Gasteiger partial charge on any atom is -0.350 e. The first-order valence-electron chi connectivity index (χ1n) is 9.51. The van der Waals surface area contributed by atoms with E-state index in [2.05, 4.69) is 17.6 Å². The number of nitrogens with one attached hydrogen (secondary N) is 2. The van der Waals surface area contributed by atoms with Crippen molar-refractivity contribution in [3.8, 4) is 0 Å². The van der Waals surface area contributed by atoms with Gasteiger partial charge in [-0.15, -0.1) is 0 Å². The Hall–Kier alpha value is -2.44. The normalized spacial score (nSPS) is 19.3. The van der Waals surface area contributed by atoms with Crippen molar-refractivity contribution >= 4 is 17.8 Å². The average molecular weight is 377 g/mol. The van der Waals surface area contributed by atoms with E-state index in [1.807, 2.05) is 0 Å². The van der Waals surface area contributed by atoms with Crippen molar-refractivity contribution in [1.29, 1.82) is 0 Å². The molecular formula is C20H28FN3O3. The molecule has 0 unspecified atom stereocenters. The van der Waals surface area contributed by atoms with Crippen molar-refractivity contribution in [3.63, 3.8) is 0 Å². The van der Waals surface area contributed by atoms with Crippen molar-refractivity contribution in [2.45, 2.75) is 64.5 Å². The van der Waals surface area contributed by atoms with E-state index in [9.17, 15) is 18.8 Å². The first-order valence-corrected chi connectivity index (χ1v) is 9.51. The van der Waals surface area contributed by atoms with E-state index in [0.29, 0.717) is 6.42 Å². The zero-order chi connectivity index (χ0) is 19.9. The molecule has 1 atom stereocenters. The first kappa shape index (κ1) is 20.9. The van der Waals surface area contributed by atoms with Crippen LogP contribution in [0, 0.1) is 5.82 Å². The molecule has 0 radical (unpaired) electrons. The smallest absolute Gasteiger partial charge is 0.325 e. The number of rotatable bonds is 10. The molecular weight excluding hydrogens is 349 g/mol. The molecule has 6 nitrogen and oxygen atoms in total. The zero-order valence-corrected chi connectivity index (χ0v) is 16.0. The summed E-state index contributed by atoms with van der Waals surface area (Å²) < 4.78 is 12.9. The summed E-state index contributed by atoms with van der Waals surface area (Å²) in [5, 5.41) is 5.37. The minimum atomic E-state index is -0.944. The molecule has 1 fully saturated rings. The Morgan fingerprint density at radius 2 is 1.81 bits per heavy atom. The maximum Gasteiger partial charge on any atom is 0.325 e. The second-order valence-electron chi connectivity index (χ2n) is 7.22. The van der Waals surface area contributed by atoms with Crippen molar-refractivity contribution in [2.24, 2.45) is 0 Å². The molecule has 2 rings (SSSR count). The van der Waals surface area contributed by atoms with Gasteiger partial charge in [0.25, 0.3) is 5.91 Å². The molecule has 1 aliphatic rings. The topological polar surface area (TPSA) is 78.5 Å². The molecule has 4 amide bonds. The van der Waals surface area contributed by atoms with Gasteiger partial charge in [0, 0.05) is 6.54 Å². The van der Waals surface area contributed by atoms with E-state index in [-0.39, 0.29) is 24.8 Å². The van der Waals surface area contributed by atoms with Crippen molar-refractivity contribution < 1.29 is 18.8 Å². The summed E-state index contributed by atoms with van der Waals surface area (Å²) in [6.45, 7) is 3.74. The summed E-state index contributed by atoms with van der Waals surface area (Å²) in [6, 6.07) is 5.22. The Labute approximate surface area is 159 Å². The van der Waals surface area contributed by atoms with E-state index >= 15 is 0 Å². The van der Waals surface area contributed by atoms with Crippen LogP contribution in [0.3, 0.4) is 0 Å². The Morgan fingerprint density at radius 3 is 2.48 bits per heavy atom. The third-order valence-electron chi connectivity index (χ3n) is 4.83. The second kappa shape index (κ2) is 9.48. The third kappa shape index (κ3) is 5.77. The SMILES string of the molecule is CCCCCCC[C@@]1(C)NC(=O)N(CC(=O)NCc2ccc(F)cc2)C1=O. The van der Waals surface area contributed by atoms with Gasteiger partial charge in [-0.1, -0.05) is 51.2 Å². The van der Waals surface area contributed by atoms with Gasteiger partial charge in [0.15, 0.2) is 0 Å². The standard InChI is InChI=1S/C20H28FN3O3/c1-3-4-5-6-7-12-20(2)18(26)24(19(27)23-20)14-17(25)22-13-15-8-10-16(21)11-9-15/h8-11H,3-7,12-14H2,1-2H3,(H,22,25)(H,23,27)/t20-/m1/s1. The fraction of sp³-hybridized carbons (Fsp3) is 0.550. The summed E-state index contributed by atoms with van der Waals surface area (Å²) in [5.74, 6) is -1.15. The third-order valence-corrected chi connectivity index (χ3v) is 4.83. The highest BCUT2D eigenvalue weighted by Crippen LogP contribution is 2.24. The van der Waals surface area contributed by atoms with Crippen LogP contribution >= 0.6 is 0 Å². The average Bonchev–Trinajstić information content (AvgIpc) is 2.84. The van der Waals surface area contributed by atoms with Gasteiger partial charge in [0.2, 0.25) is 5.91 Å². The van der Waals surface area contributed by atoms with Gasteiger partial charge in [0.05, 0.1) is 0 Å². The molecule has 2 N–H and O–H groups in total. The maximum atomic E-state index is 12.9. The lowest BCUT2D eigenvalue weighted by Crippen LogP contribution is -2.45. The van der Waals surface area contributed by atoms with Gasteiger partial charge in [-0.3, -0.25) is 14.5 Å². The highest BCUT2D eigenvalue weighted by Gasteiger charge is 2.47. The van der Waals surface area contributed by atoms with Crippen LogP contribution in [-0.4, -0.2) is 34.8 Å². The summed E-state index contributed by atoms with van der Waals surface area (Å²) in [5.41, 5.74) is -0.209. The van der Waals surface area contributed by atoms with Crippen molar-refractivity contribution in [2.75, 3.05) is 6.54 Å². The lowest BCUT2D eigenvalue weighted by atomic mass is 9.94. The van der Waals surface area contributed by atoms with Crippen LogP contribution in [-0.2, 0) is 16.1 Å². The van der Waals surface area contributed by atoms with Crippen LogP contribution in [0.4, 0.5) is 9.18 Å². The molecule has 27 heavy (non-hydrogen) atoms. The summed E-state index contributed by atoms with van der Waals surface area (Å²) in [6.07, 6.45) is 5.86. The van der Waals surface area contributed by atoms with E-state index < -0.39 is 17.5 Å². The molecule has 1 aromatic rings. The first-order chi connectivity index (χ1) is 12.9. The number of carbonyl (C=O) groups is 3. The predicted molar refractivity (Wildman–Crippen MR) is 100 cm³/mol. The van der Waals surface area contributed by atoms with Crippen LogP contribution in [0.5, 0.6) is 0 Å². The summed E-state index contributed by atoms with van der Waals surface area (Å²) >= 11 is 0. The van der Waals surface area contributed by atoms with Gasteiger partial charge >= 0.3 is 6.03 Å². The Balaban J connectivity index is 1.82. The molecule has 0 aromatic heterocycles. The summed E-state index contributed by atoms with van der Waals surface area (Å²) in [4.78, 5) is 37.9. The van der Waals surface area contributed by atoms with E-state index in [1.165, 1.54) is 12.1 Å². The number of nitrogens with zero attached hydrogens (tertiary/aromatic N) is 1. The number of halogens is 1. The highest BCUT2D eigenvalue weighted by molar-refractivity contribution is 6.08. The molecule has 1 aromatic carbocycles. The maximum absolute atomic E-state index is 12.9. The molecule has 148 valence electrons. The molecule has 1 heterocycles. The highest BCUT2D eigenvalue weighted by atomic mass is 19.1. The number of amides is 4. The number of hydrogen-bond donors (Lipinski definition) is 2. The van der Waals surface area contributed by atoms with Gasteiger partial charge < -0.3 is 10.6 Å². The Kier molecular flexibility index (Phi) is 7.33. The van der Waals surface area contributed by atoms with Gasteiger partial charge in [0.1, 0.15) is 17.9 Å².